The summed E-state index contributed by atoms with van der Waals surface area (Å²) in [5.74, 6) is -1.42. The maximum Gasteiger partial charge on any atom is 0.321 e. The number of anilines is 1. The zero-order chi connectivity index (χ0) is 21.5. The molecule has 1 aromatic carbocycles. The lowest BCUT2D eigenvalue weighted by Crippen LogP contribution is -2.43. The van der Waals surface area contributed by atoms with E-state index in [-0.39, 0.29) is 37.0 Å². The minimum absolute atomic E-state index is 0.0538. The van der Waals surface area contributed by atoms with Crippen LogP contribution < -0.4 is 10.6 Å². The fourth-order valence-electron chi connectivity index (χ4n) is 3.21. The van der Waals surface area contributed by atoms with Gasteiger partial charge in [-0.3, -0.25) is 14.4 Å². The van der Waals surface area contributed by atoms with Gasteiger partial charge < -0.3 is 25.2 Å². The molecule has 9 nitrogen and oxygen atoms in total. The minimum atomic E-state index is -0.442. The third-order valence-electron chi connectivity index (χ3n) is 5.23. The van der Waals surface area contributed by atoms with Crippen molar-refractivity contribution < 1.29 is 23.9 Å². The quantitative estimate of drug-likeness (QED) is 0.650. The fourth-order valence-corrected chi connectivity index (χ4v) is 3.21. The van der Waals surface area contributed by atoms with Gasteiger partial charge in [0.2, 0.25) is 5.91 Å². The topological polar surface area (TPSA) is 108 Å². The molecule has 1 saturated heterocycles. The van der Waals surface area contributed by atoms with E-state index in [4.69, 9.17) is 4.74 Å². The average molecular weight is 416 g/mol. The molecular formula is C21H28N4O5. The van der Waals surface area contributed by atoms with Gasteiger partial charge in [-0.2, -0.15) is 0 Å². The molecule has 1 heterocycles. The molecular weight excluding hydrogens is 388 g/mol. The summed E-state index contributed by atoms with van der Waals surface area (Å²) >= 11 is 0. The number of rotatable bonds is 7. The number of carbonyl (C=O) groups is 4. The van der Waals surface area contributed by atoms with Crippen LogP contribution in [0.2, 0.25) is 0 Å². The molecule has 4 amide bonds. The summed E-state index contributed by atoms with van der Waals surface area (Å²) in [6, 6.07) is 9.22. The molecule has 0 atom stereocenters. The van der Waals surface area contributed by atoms with Crippen LogP contribution in [-0.2, 0) is 19.1 Å². The molecule has 2 aliphatic rings. The summed E-state index contributed by atoms with van der Waals surface area (Å²) in [5, 5.41) is 5.63. The smallest absolute Gasteiger partial charge is 0.321 e. The van der Waals surface area contributed by atoms with Gasteiger partial charge in [-0.15, -0.1) is 0 Å². The van der Waals surface area contributed by atoms with Gasteiger partial charge in [-0.1, -0.05) is 18.2 Å². The zero-order valence-electron chi connectivity index (χ0n) is 17.1. The summed E-state index contributed by atoms with van der Waals surface area (Å²) in [7, 11) is 1.51. The molecule has 1 aliphatic carbocycles. The summed E-state index contributed by atoms with van der Waals surface area (Å²) < 4.78 is 5.15. The Bertz CT molecular complexity index is 773. The fraction of sp³-hybridized carbons (Fsp3) is 0.524. The van der Waals surface area contributed by atoms with E-state index in [9.17, 15) is 19.2 Å². The van der Waals surface area contributed by atoms with Crippen molar-refractivity contribution in [2.75, 3.05) is 38.6 Å². The summed E-state index contributed by atoms with van der Waals surface area (Å²) in [4.78, 5) is 51.3. The number of hydrogen-bond donors (Lipinski definition) is 2. The summed E-state index contributed by atoms with van der Waals surface area (Å²) in [6.07, 6.45) is 2.92. The maximum absolute atomic E-state index is 12.3. The number of likely N-dealkylation sites (N-methyl/N-ethyl adjacent to an activating group) is 1. The molecule has 30 heavy (non-hydrogen) atoms. The normalized spacial score (nSPS) is 16.5. The molecule has 1 aliphatic heterocycles. The number of esters is 1. The molecule has 2 N–H and O–H groups in total. The second kappa shape index (κ2) is 10.1. The van der Waals surface area contributed by atoms with Crippen molar-refractivity contribution in [1.82, 2.24) is 15.1 Å². The lowest BCUT2D eigenvalue weighted by molar-refractivity contribution is -0.156. The molecule has 9 heteroatoms. The average Bonchev–Trinajstić information content (AvgIpc) is 3.56. The van der Waals surface area contributed by atoms with Crippen LogP contribution >= 0.6 is 0 Å². The van der Waals surface area contributed by atoms with Crippen LogP contribution in [0.25, 0.3) is 0 Å². The Morgan fingerprint density at radius 3 is 2.37 bits per heavy atom. The van der Waals surface area contributed by atoms with Gasteiger partial charge in [0.15, 0.2) is 6.61 Å². The van der Waals surface area contributed by atoms with Crippen molar-refractivity contribution in [1.29, 1.82) is 0 Å². The van der Waals surface area contributed by atoms with Gasteiger partial charge >= 0.3 is 12.0 Å². The lowest BCUT2D eigenvalue weighted by atomic mass is 9.97. The Balaban J connectivity index is 1.34. The largest absolute Gasteiger partial charge is 0.455 e. The second-order valence-electron chi connectivity index (χ2n) is 7.76. The van der Waals surface area contributed by atoms with E-state index >= 15 is 0 Å². The number of carbonyl (C=O) groups excluding carboxylic acids is 4. The highest BCUT2D eigenvalue weighted by Gasteiger charge is 2.29. The van der Waals surface area contributed by atoms with Crippen LogP contribution in [0.15, 0.2) is 30.3 Å². The predicted octanol–water partition coefficient (Wildman–Crippen LogP) is 1.21. The van der Waals surface area contributed by atoms with Crippen molar-refractivity contribution in [3.8, 4) is 0 Å². The first-order chi connectivity index (χ1) is 14.4. The van der Waals surface area contributed by atoms with Crippen LogP contribution in [0.3, 0.4) is 0 Å². The standard InChI is InChI=1S/C21H28N4O5/c1-24(13-18(26)22-17-7-8-17)19(27)14-30-20(28)15-9-11-25(12-10-15)21(29)23-16-5-3-2-4-6-16/h2-6,15,17H,7-14H2,1H3,(H,22,26)(H,23,29). The highest BCUT2D eigenvalue weighted by Crippen LogP contribution is 2.20. The number of amides is 4. The zero-order valence-corrected chi connectivity index (χ0v) is 17.1. The van der Waals surface area contributed by atoms with Crippen LogP contribution in [-0.4, -0.2) is 72.9 Å². The van der Waals surface area contributed by atoms with Crippen molar-refractivity contribution in [2.45, 2.75) is 31.7 Å². The monoisotopic (exact) mass is 416 g/mol. The SMILES string of the molecule is CN(CC(=O)NC1CC1)C(=O)COC(=O)C1CCN(C(=O)Nc2ccccc2)CC1. The molecule has 2 fully saturated rings. The molecule has 0 aromatic heterocycles. The van der Waals surface area contributed by atoms with Gasteiger partial charge in [0.25, 0.3) is 5.91 Å². The Labute approximate surface area is 175 Å². The number of benzene rings is 1. The van der Waals surface area contributed by atoms with E-state index in [1.54, 1.807) is 4.90 Å². The number of urea groups is 1. The first kappa shape index (κ1) is 21.6. The van der Waals surface area contributed by atoms with Gasteiger partial charge in [-0.25, -0.2) is 4.79 Å². The van der Waals surface area contributed by atoms with Crippen molar-refractivity contribution >= 4 is 29.5 Å². The number of piperidine rings is 1. The molecule has 0 bridgehead atoms. The van der Waals surface area contributed by atoms with Crippen molar-refractivity contribution in [3.05, 3.63) is 30.3 Å². The molecule has 1 saturated carbocycles. The van der Waals surface area contributed by atoms with E-state index in [1.807, 2.05) is 30.3 Å². The predicted molar refractivity (Wildman–Crippen MR) is 110 cm³/mol. The number of hydrogen-bond acceptors (Lipinski definition) is 5. The first-order valence-electron chi connectivity index (χ1n) is 10.2. The number of likely N-dealkylation sites (tertiary alicyclic amines) is 1. The molecule has 0 radical (unpaired) electrons. The van der Waals surface area contributed by atoms with E-state index in [1.165, 1.54) is 11.9 Å². The molecule has 1 aromatic rings. The summed E-state index contributed by atoms with van der Waals surface area (Å²) in [6.45, 7) is 0.434. The van der Waals surface area contributed by atoms with Crippen LogP contribution in [0.5, 0.6) is 0 Å². The van der Waals surface area contributed by atoms with Crippen molar-refractivity contribution in [2.24, 2.45) is 5.92 Å². The van der Waals surface area contributed by atoms with E-state index in [2.05, 4.69) is 10.6 Å². The Morgan fingerprint density at radius 2 is 1.73 bits per heavy atom. The highest BCUT2D eigenvalue weighted by atomic mass is 16.5. The Hall–Kier alpha value is -3.10. The molecule has 0 spiro atoms. The Morgan fingerprint density at radius 1 is 1.07 bits per heavy atom. The van der Waals surface area contributed by atoms with Gasteiger partial charge in [0, 0.05) is 31.9 Å². The first-order valence-corrected chi connectivity index (χ1v) is 10.2. The van der Waals surface area contributed by atoms with Crippen LogP contribution in [0.4, 0.5) is 10.5 Å². The molecule has 3 rings (SSSR count). The second-order valence-corrected chi connectivity index (χ2v) is 7.76. The number of para-hydroxylation sites is 1. The third kappa shape index (κ3) is 6.47. The van der Waals surface area contributed by atoms with E-state index < -0.39 is 11.9 Å². The van der Waals surface area contributed by atoms with Crippen LogP contribution in [0, 0.1) is 5.92 Å². The lowest BCUT2D eigenvalue weighted by Gasteiger charge is -2.31. The minimum Gasteiger partial charge on any atom is -0.455 e. The number of nitrogens with one attached hydrogen (secondary N) is 2. The highest BCUT2D eigenvalue weighted by molar-refractivity contribution is 5.89. The van der Waals surface area contributed by atoms with Gasteiger partial charge in [0.1, 0.15) is 0 Å². The Kier molecular flexibility index (Phi) is 7.26. The number of ether oxygens (including phenoxy) is 1. The molecule has 0 unspecified atom stereocenters. The molecule has 162 valence electrons. The summed E-state index contributed by atoms with van der Waals surface area (Å²) in [5.41, 5.74) is 0.720. The maximum atomic E-state index is 12.3. The van der Waals surface area contributed by atoms with E-state index in [0.29, 0.717) is 25.9 Å². The van der Waals surface area contributed by atoms with E-state index in [0.717, 1.165) is 18.5 Å². The van der Waals surface area contributed by atoms with Crippen molar-refractivity contribution in [3.63, 3.8) is 0 Å². The third-order valence-corrected chi connectivity index (χ3v) is 5.23. The number of nitrogens with zero attached hydrogens (tertiary/aromatic N) is 2. The van der Waals surface area contributed by atoms with Crippen LogP contribution in [0.1, 0.15) is 25.7 Å². The van der Waals surface area contributed by atoms with Gasteiger partial charge in [-0.05, 0) is 37.8 Å². The van der Waals surface area contributed by atoms with Gasteiger partial charge in [0.05, 0.1) is 12.5 Å².